The molecule has 1 unspecified atom stereocenters. The monoisotopic (exact) mass is 740 g/mol. The number of β-lactam (4-membered cyclic amide) rings is 1. The van der Waals surface area contributed by atoms with Crippen LogP contribution in [-0.4, -0.2) is 97.1 Å². The fourth-order valence-electron chi connectivity index (χ4n) is 4.67. The van der Waals surface area contributed by atoms with Crippen LogP contribution in [0.15, 0.2) is 59.1 Å². The van der Waals surface area contributed by atoms with Crippen LogP contribution in [0.1, 0.15) is 29.2 Å². The van der Waals surface area contributed by atoms with Crippen molar-refractivity contribution in [2.45, 2.75) is 44.2 Å². The zero-order valence-electron chi connectivity index (χ0n) is 27.4. The van der Waals surface area contributed by atoms with E-state index in [2.05, 4.69) is 10.3 Å². The fourth-order valence-corrected chi connectivity index (χ4v) is 7.80. The Balaban J connectivity index is 0.00000111. The van der Waals surface area contributed by atoms with Crippen molar-refractivity contribution in [1.82, 2.24) is 20.1 Å². The number of carbonyl (C=O) groups excluding carboxylic acids is 4. The maximum absolute atomic E-state index is 13.0. The molecule has 3 aliphatic rings. The minimum atomic E-state index is -1.23. The first-order chi connectivity index (χ1) is 22.8. The second-order valence-corrected chi connectivity index (χ2v) is 13.2. The molecule has 6 N–H and O–H groups in total. The number of allylic oxidation sites excluding steroid dienone is 2. The summed E-state index contributed by atoms with van der Waals surface area (Å²) in [5, 5.41) is 38.4. The van der Waals surface area contributed by atoms with Crippen molar-refractivity contribution in [2.75, 3.05) is 19.4 Å². The van der Waals surface area contributed by atoms with Gasteiger partial charge in [-0.2, -0.15) is 0 Å². The molecule has 49 heavy (non-hydrogen) atoms. The van der Waals surface area contributed by atoms with Crippen molar-refractivity contribution in [3.05, 3.63) is 69.6 Å². The third-order valence-corrected chi connectivity index (χ3v) is 10.5. The first-order valence-electron chi connectivity index (χ1n) is 14.3. The Hall–Kier alpha value is -3.36. The van der Waals surface area contributed by atoms with E-state index in [1.54, 1.807) is 30.4 Å². The number of pyridine rings is 1. The number of thioether (sulfide) groups is 2. The van der Waals surface area contributed by atoms with Crippen molar-refractivity contribution in [1.29, 1.82) is 5.41 Å². The molecule has 2 amide bonds. The van der Waals surface area contributed by atoms with Crippen LogP contribution in [0.25, 0.3) is 10.6 Å². The number of nitrogens with zero attached hydrogens (tertiary/aromatic N) is 4. The van der Waals surface area contributed by atoms with Gasteiger partial charge in [0.1, 0.15) is 33.3 Å². The number of aryl methyl sites for hydroxylation is 1. The summed E-state index contributed by atoms with van der Waals surface area (Å²) in [4.78, 5) is 65.8. The Kier molecular flexibility index (Phi) is 16.3. The number of aliphatic carboxylic acids is 1. The Bertz CT molecular complexity index is 1680. The van der Waals surface area contributed by atoms with E-state index in [4.69, 9.17) is 26.2 Å². The summed E-state index contributed by atoms with van der Waals surface area (Å²) in [6.45, 7) is 5.23. The minimum Gasteiger partial charge on any atom is -0.554 e. The van der Waals surface area contributed by atoms with E-state index in [1.165, 1.54) is 46.7 Å². The molecule has 3 atom stereocenters. The van der Waals surface area contributed by atoms with Gasteiger partial charge in [0.2, 0.25) is 0 Å². The summed E-state index contributed by atoms with van der Waals surface area (Å²) in [6.07, 6.45) is 7.27. The van der Waals surface area contributed by atoms with Crippen molar-refractivity contribution in [3.8, 4) is 10.6 Å². The van der Waals surface area contributed by atoms with E-state index >= 15 is 0 Å². The zero-order valence-corrected chi connectivity index (χ0v) is 31.9. The molecule has 5 rings (SSSR count). The molecular weight excluding hydrogens is 706 g/mol. The number of fused-ring (bicyclic) bond motifs is 1. The number of ketones is 1. The van der Waals surface area contributed by atoms with Crippen LogP contribution in [0, 0.1) is 12.3 Å². The average Bonchev–Trinajstić information content (AvgIpc) is 3.61. The van der Waals surface area contributed by atoms with Gasteiger partial charge in [0.15, 0.2) is 24.7 Å². The first-order valence-corrected chi connectivity index (χ1v) is 17.1. The number of hydrogen-bond acceptors (Lipinski definition) is 14. The molecule has 5 heterocycles. The fraction of sp³-hybridized carbons (Fsp3) is 0.333. The van der Waals surface area contributed by atoms with Gasteiger partial charge in [-0.05, 0) is 25.5 Å². The summed E-state index contributed by atoms with van der Waals surface area (Å²) >= 11 is 3.99. The number of carboxylic acid groups (broad SMARTS) is 2. The number of thiazole rings is 1. The molecule has 0 bridgehead atoms. The smallest absolute Gasteiger partial charge is 0.554 e. The Morgan fingerprint density at radius 2 is 1.90 bits per heavy atom. The molecule has 15 nitrogen and oxygen atoms in total. The van der Waals surface area contributed by atoms with Gasteiger partial charge in [-0.3, -0.25) is 24.7 Å². The number of amides is 2. The molecule has 0 spiro atoms. The molecule has 19 heteroatoms. The van der Waals surface area contributed by atoms with E-state index in [-0.39, 0.29) is 53.4 Å². The minimum absolute atomic E-state index is 0. The number of aliphatic hydroxyl groups excluding tert-OH is 1. The van der Waals surface area contributed by atoms with Crippen LogP contribution in [-0.2, 0) is 25.7 Å². The van der Waals surface area contributed by atoms with Crippen LogP contribution < -0.4 is 50.3 Å². The Morgan fingerprint density at radius 1 is 1.29 bits per heavy atom. The van der Waals surface area contributed by atoms with Gasteiger partial charge in [0.05, 0.1) is 16.3 Å². The second kappa shape index (κ2) is 19.1. The van der Waals surface area contributed by atoms with E-state index in [0.29, 0.717) is 34.1 Å². The predicted molar refractivity (Wildman–Crippen MR) is 179 cm³/mol. The Morgan fingerprint density at radius 3 is 2.41 bits per heavy atom. The van der Waals surface area contributed by atoms with Gasteiger partial charge >= 0.3 is 35.5 Å². The number of aromatic nitrogens is 2. The summed E-state index contributed by atoms with van der Waals surface area (Å²) in [7, 11) is 1.67. The van der Waals surface area contributed by atoms with Crippen molar-refractivity contribution in [3.63, 3.8) is 0 Å². The normalized spacial score (nSPS) is 19.3. The second-order valence-electron chi connectivity index (χ2n) is 10.1. The first kappa shape index (κ1) is 41.8. The number of carboxylic acids is 1. The quantitative estimate of drug-likeness (QED) is 0.0433. The summed E-state index contributed by atoms with van der Waals surface area (Å²) in [5.41, 5.74) is 7.52. The van der Waals surface area contributed by atoms with E-state index in [1.807, 2.05) is 42.1 Å². The molecule has 2 aromatic heterocycles. The van der Waals surface area contributed by atoms with Crippen LogP contribution in [0.2, 0.25) is 0 Å². The largest absolute Gasteiger partial charge is 1.00 e. The molecule has 0 aromatic carbocycles. The number of aliphatic hydroxyl groups is 1. The molecule has 0 saturated carbocycles. The van der Waals surface area contributed by atoms with Gasteiger partial charge in [0.25, 0.3) is 11.8 Å². The van der Waals surface area contributed by atoms with E-state index in [0.717, 1.165) is 10.6 Å². The van der Waals surface area contributed by atoms with Gasteiger partial charge in [0, 0.05) is 55.9 Å². The maximum atomic E-state index is 13.0. The van der Waals surface area contributed by atoms with Crippen LogP contribution >= 0.6 is 34.9 Å². The number of Topliss-reactive ketones (excluding diaryl/α,β-unsaturated/α-hetero) is 1. The molecule has 3 aliphatic heterocycles. The number of hydrogen-bond donors (Lipinski definition) is 5. The van der Waals surface area contributed by atoms with Gasteiger partial charge in [-0.25, -0.2) is 14.3 Å². The molecule has 256 valence electrons. The number of nitrogens with one attached hydrogen (secondary N) is 2. The standard InChI is InChI=1S/C27H27N7O5S3.C2H6O.CH2O2.Na/c1-13-21(14(2)35)42-23(30-13)15-6-9-33(10-7-15)8-4-5-16-11-40-25-19(24(37)34(25)20(16)26(38)39)31-22(36)18(28)17-12-41-27(29)32(17)3;1-2-3;2-1-3;/h4-7,9-10,12,19,25,27-28H,8,11,29H2,1-3H3,(H-,31,36,38,39);3H,2H2,1H3;1H,(H,2,3);/q;;;+1/b5-4+,28-18?;;;/t19-,25-,27?;;;/m1.../s1. The number of nitrogens with two attached hydrogens (primary N) is 1. The number of rotatable bonds is 9. The summed E-state index contributed by atoms with van der Waals surface area (Å²) < 4.78 is 1.91. The average molecular weight is 741 g/mol. The third kappa shape index (κ3) is 9.88. The Labute approximate surface area is 317 Å². The van der Waals surface area contributed by atoms with Crippen LogP contribution in [0.5, 0.6) is 0 Å². The van der Waals surface area contributed by atoms with E-state index < -0.39 is 41.2 Å². The SMILES string of the molecule is CC(=O)c1sc(-c2cc[n+](C/C=C/C3=C(C(=O)O)N4C(=O)[C@@H](NC(=O)C(=N)C5=CSC(N)N5C)[C@H]4SC3)cc2)nc1C.CCO.O=C[O-].[Na+]. The van der Waals surface area contributed by atoms with Crippen molar-refractivity contribution >= 4 is 70.6 Å². The summed E-state index contributed by atoms with van der Waals surface area (Å²) in [5.74, 6) is -2.16. The molecule has 2 aromatic rings. The molecular formula is C30H35N7NaO8S3+. The third-order valence-electron chi connectivity index (χ3n) is 6.94. The van der Waals surface area contributed by atoms with Gasteiger partial charge in [-0.15, -0.1) is 23.1 Å². The van der Waals surface area contributed by atoms with Crippen molar-refractivity contribution < 1.29 is 73.4 Å². The summed E-state index contributed by atoms with van der Waals surface area (Å²) in [6, 6.07) is 2.87. The predicted octanol–water partition coefficient (Wildman–Crippen LogP) is -2.95. The molecule has 0 radical (unpaired) electrons. The number of carbonyl (C=O) groups is 5. The van der Waals surface area contributed by atoms with E-state index in [9.17, 15) is 24.3 Å². The molecule has 1 fully saturated rings. The zero-order chi connectivity index (χ0) is 35.7. The topological polar surface area (TPSA) is 234 Å². The molecule has 0 aliphatic carbocycles. The molecule has 1 saturated heterocycles. The van der Waals surface area contributed by atoms with Crippen molar-refractivity contribution in [2.24, 2.45) is 5.73 Å². The van der Waals surface area contributed by atoms with Gasteiger partial charge < -0.3 is 36.1 Å². The van der Waals surface area contributed by atoms with Gasteiger partial charge in [-0.1, -0.05) is 17.8 Å². The van der Waals surface area contributed by atoms with Crippen LogP contribution in [0.3, 0.4) is 0 Å². The maximum Gasteiger partial charge on any atom is 1.00 e. The van der Waals surface area contributed by atoms with Crippen LogP contribution in [0.4, 0.5) is 0 Å².